The zero-order valence-corrected chi connectivity index (χ0v) is 64.4. The number of hydrogen-bond acceptors (Lipinski definition) is 45. The van der Waals surface area contributed by atoms with E-state index in [1.165, 1.54) is 74.0 Å². The highest BCUT2D eigenvalue weighted by atomic mass is 31.3. The maximum Gasteiger partial charge on any atom is 0.309 e. The van der Waals surface area contributed by atoms with Crippen LogP contribution in [0.1, 0.15) is 71.2 Å². The molecule has 4 aliphatic heterocycles. The van der Waals surface area contributed by atoms with Gasteiger partial charge in [0.05, 0.1) is 69.0 Å². The maximum atomic E-state index is 14.3. The molecule has 8 aromatic heterocycles. The molecular weight excluding hydrogens is 1630 g/mol. The molecule has 0 aliphatic carbocycles. The lowest BCUT2D eigenvalue weighted by Crippen LogP contribution is -2.47. The number of nitro benzene ring substituents is 1. The lowest BCUT2D eigenvalue weighted by Gasteiger charge is -2.35. The number of benzene rings is 1. The molecule has 620 valence electrons. The van der Waals surface area contributed by atoms with Crippen LogP contribution in [0.15, 0.2) is 65.5 Å². The number of nitro groups is 1. The van der Waals surface area contributed by atoms with Crippen molar-refractivity contribution in [3.63, 3.8) is 0 Å². The highest BCUT2D eigenvalue weighted by Gasteiger charge is 2.53. The maximum absolute atomic E-state index is 14.3. The Bertz CT molecular complexity index is 5510. The number of imidazole rings is 4. The SMILES string of the molecule is CNc1ncnc2c1ncn2[C@@H]1O[C@H](COP(=O)([O-])OP(=O)([O-])OP(=O)([O-])OC[C@H]2O[C@@H]([n+]3cn(C)c4c([O-])nc(N)nc43)C(OCOC(c3ccccc3[N+](=O)[O-])C(C)(C)C)[C@H]2O)[C@H](OP(=O)([O-])OC[C@H]2O[C@@H](n3cnc4c(=O)[nH]c(N)nc43)C(C)[C@H]2OP(=O)([O-])OC[C@H]2O[C@@H](n3cnc4c(=O)[nH]c(N)nc43)C(O)[C@H]2O)C1C. The van der Waals surface area contributed by atoms with Gasteiger partial charge in [-0.2, -0.15) is 9.97 Å². The van der Waals surface area contributed by atoms with Gasteiger partial charge in [0.1, 0.15) is 92.1 Å². The number of nitrogens with two attached hydrogens (primary N) is 3. The quantitative estimate of drug-likeness (QED) is 0.00667. The van der Waals surface area contributed by atoms with E-state index in [2.05, 4.69) is 68.8 Å². The minimum Gasteiger partial charge on any atom is -0.856 e. The molecule has 0 spiro atoms. The van der Waals surface area contributed by atoms with E-state index in [4.69, 9.17) is 72.8 Å². The summed E-state index contributed by atoms with van der Waals surface area (Å²) in [5, 5.41) is 61.7. The van der Waals surface area contributed by atoms with E-state index < -0.39 is 215 Å². The molecule has 4 fully saturated rings. The van der Waals surface area contributed by atoms with Gasteiger partial charge < -0.3 is 123 Å². The number of nitrogens with one attached hydrogen (secondary N) is 3. The zero-order valence-electron chi connectivity index (χ0n) is 59.9. The molecule has 22 atom stereocenters. The Hall–Kier alpha value is -8.31. The van der Waals surface area contributed by atoms with E-state index in [0.717, 1.165) is 32.7 Å². The van der Waals surface area contributed by atoms with Crippen molar-refractivity contribution in [2.75, 3.05) is 62.8 Å². The summed E-state index contributed by atoms with van der Waals surface area (Å²) in [7, 11) is -28.5. The van der Waals surface area contributed by atoms with Crippen LogP contribution in [0.5, 0.6) is 5.88 Å². The number of fused-ring (bicyclic) bond motifs is 4. The molecule has 53 nitrogen and oxygen atoms in total. The number of nitrogen functional groups attached to an aromatic ring is 3. The summed E-state index contributed by atoms with van der Waals surface area (Å²) in [6, 6.07) is 5.68. The first-order valence-corrected chi connectivity index (χ1v) is 40.9. The third-order valence-electron chi connectivity index (χ3n) is 18.5. The fourth-order valence-corrected chi connectivity index (χ4v) is 18.9. The van der Waals surface area contributed by atoms with Crippen LogP contribution in [0.25, 0.3) is 44.7 Å². The number of aryl methyl sites for hydroxylation is 1. The summed E-state index contributed by atoms with van der Waals surface area (Å²) in [5.41, 5.74) is 13.6. The molecule has 0 amide bonds. The molecule has 9 aromatic rings. The van der Waals surface area contributed by atoms with Gasteiger partial charge in [-0.3, -0.25) is 70.8 Å². The van der Waals surface area contributed by atoms with Crippen LogP contribution in [-0.4, -0.2) is 195 Å². The van der Waals surface area contributed by atoms with Crippen molar-refractivity contribution in [1.29, 1.82) is 0 Å². The van der Waals surface area contributed by atoms with Crippen LogP contribution < -0.4 is 67.8 Å². The number of aromatic amines is 2. The zero-order chi connectivity index (χ0) is 82.4. The molecule has 13 rings (SSSR count). The largest absolute Gasteiger partial charge is 0.856 e. The number of phosphoric acid groups is 5. The third kappa shape index (κ3) is 17.3. The van der Waals surface area contributed by atoms with E-state index in [-0.39, 0.29) is 67.7 Å². The monoisotopic (exact) mass is 1700 g/mol. The van der Waals surface area contributed by atoms with Crippen molar-refractivity contribution in [1.82, 2.24) is 73.1 Å². The molecule has 4 saturated heterocycles. The van der Waals surface area contributed by atoms with Gasteiger partial charge in [0.25, 0.3) is 61.9 Å². The van der Waals surface area contributed by atoms with E-state index in [1.807, 2.05) is 0 Å². The number of rotatable bonds is 31. The van der Waals surface area contributed by atoms with Gasteiger partial charge in [-0.15, -0.1) is 0 Å². The normalized spacial score (nSPS) is 28.4. The molecule has 0 saturated carbocycles. The summed E-state index contributed by atoms with van der Waals surface area (Å²) < 4.78 is 150. The first-order chi connectivity index (χ1) is 53.5. The van der Waals surface area contributed by atoms with Gasteiger partial charge in [-0.1, -0.05) is 51.7 Å². The Morgan fingerprint density at radius 3 is 1.67 bits per heavy atom. The fourth-order valence-electron chi connectivity index (χ4n) is 13.4. The number of aliphatic hydroxyl groups is 3. The summed E-state index contributed by atoms with van der Waals surface area (Å²) in [6.07, 6.45) is -20.2. The second-order valence-electron chi connectivity index (χ2n) is 27.2. The Kier molecular flexibility index (Phi) is 23.4. The van der Waals surface area contributed by atoms with Gasteiger partial charge in [-0.05, 0) is 11.5 Å². The average Bonchev–Trinajstić information content (AvgIpc) is 1.61. The minimum absolute atomic E-state index is 0.0279. The summed E-state index contributed by atoms with van der Waals surface area (Å²) >= 11 is 0. The molecule has 4 aliphatic rings. The highest BCUT2D eigenvalue weighted by molar-refractivity contribution is 7.65. The number of ether oxygens (including phenoxy) is 6. The smallest absolute Gasteiger partial charge is 0.309 e. The van der Waals surface area contributed by atoms with Gasteiger partial charge in [-0.25, -0.2) is 43.1 Å². The standard InChI is InChI=1S/C56H74N21O32P5/c1-22-37(107-111(88,89)99-14-28-38(23(2)50(105-28)74-18-64-31-43(74)66-53(57)69-46(31)81)106-110(86,87)98-12-26-34(78)36(80)51(102-26)75-19-65-32-44(75)67-54(58)70-47(32)82)29(104-49(22)73-17-63-30-41(60-6)61-16-62-42(30)73)15-101-113(92,93)109-114(94,95)108-112(90,91)100-13-27-35(79)39(52(103-27)76-20-72(7)33-45(76)68-55(59)71-48(33)83)96-21-97-40(56(3,4)5)24-10-8-9-11-25(24)77(84)85/h8-11,16-20,22-23,26-29,34-40,49-52,78-80H,12-15,21H2,1-7H3,(H14-,57,58,59,60,61,62,66,67,68,69,70,71,81,82,83,86,87,88,89,90,91,92,93,94,95)/p-5/t22?,23?,26-,27-,28-,29-,34+,35+,36?,37-,38-,39?,40?,49-,50-,51-,52-/m1/s1. The van der Waals surface area contributed by atoms with Crippen molar-refractivity contribution in [2.45, 2.75) is 127 Å². The van der Waals surface area contributed by atoms with Gasteiger partial charge in [0.2, 0.25) is 18.1 Å². The van der Waals surface area contributed by atoms with Crippen LogP contribution in [0.2, 0.25) is 0 Å². The van der Waals surface area contributed by atoms with Gasteiger partial charge in [0.15, 0.2) is 51.9 Å². The van der Waals surface area contributed by atoms with Crippen molar-refractivity contribution >= 4 is 113 Å². The number of phosphoric ester groups is 4. The molecule has 0 radical (unpaired) electrons. The lowest BCUT2D eigenvalue weighted by atomic mass is 9.84. The van der Waals surface area contributed by atoms with E-state index in [1.54, 1.807) is 20.8 Å². The summed E-state index contributed by atoms with van der Waals surface area (Å²) in [6.45, 7) is 1.92. The average molecular weight is 1700 g/mol. The molecule has 12 heterocycles. The van der Waals surface area contributed by atoms with E-state index in [9.17, 15) is 87.4 Å². The number of hydrogen-bond donors (Lipinski definition) is 9. The molecule has 12 N–H and O–H groups in total. The van der Waals surface area contributed by atoms with E-state index >= 15 is 0 Å². The molecule has 0 bridgehead atoms. The van der Waals surface area contributed by atoms with Crippen LogP contribution in [0.3, 0.4) is 0 Å². The van der Waals surface area contributed by atoms with Crippen molar-refractivity contribution in [2.24, 2.45) is 24.3 Å². The number of anilines is 4. The van der Waals surface area contributed by atoms with Crippen LogP contribution in [0, 0.1) is 27.4 Å². The van der Waals surface area contributed by atoms with Gasteiger partial charge >= 0.3 is 5.65 Å². The molecule has 10 unspecified atom stereocenters. The predicted octanol–water partition coefficient (Wildman–Crippen LogP) is -3.56. The van der Waals surface area contributed by atoms with Gasteiger partial charge in [0, 0.05) is 30.8 Å². The number of H-pyrrole nitrogens is 2. The molecule has 114 heavy (non-hydrogen) atoms. The van der Waals surface area contributed by atoms with Crippen LogP contribution in [0.4, 0.5) is 29.4 Å². The fraction of sp³-hybridized carbons (Fsp3) is 0.536. The Labute approximate surface area is 637 Å². The van der Waals surface area contributed by atoms with Crippen molar-refractivity contribution < 1.29 is 141 Å². The Morgan fingerprint density at radius 2 is 1.13 bits per heavy atom. The van der Waals surface area contributed by atoms with Crippen molar-refractivity contribution in [3.05, 3.63) is 92.3 Å². The first-order valence-electron chi connectivity index (χ1n) is 33.6. The molecular formula is C56H69N21O32P5-5. The summed E-state index contributed by atoms with van der Waals surface area (Å²) in [5.74, 6) is -4.52. The van der Waals surface area contributed by atoms with Crippen molar-refractivity contribution in [3.8, 4) is 5.88 Å². The highest BCUT2D eigenvalue weighted by Crippen LogP contribution is 2.64. The lowest BCUT2D eigenvalue weighted by molar-refractivity contribution is -0.746. The number of aromatic nitrogens is 16. The first kappa shape index (κ1) is 83.6. The number of nitrogens with zero attached hydrogens (tertiary/aromatic N) is 15. The second-order valence-corrected chi connectivity index (χ2v) is 34.4. The predicted molar refractivity (Wildman–Crippen MR) is 364 cm³/mol. The molecule has 58 heteroatoms. The second kappa shape index (κ2) is 32.0. The third-order valence-corrected chi connectivity index (χ3v) is 24.5. The number of para-hydroxylation sites is 1. The van der Waals surface area contributed by atoms with Crippen LogP contribution >= 0.6 is 39.1 Å². The van der Waals surface area contributed by atoms with E-state index in [0.29, 0.717) is 0 Å². The van der Waals surface area contributed by atoms with Crippen LogP contribution in [-0.2, 0) is 94.1 Å². The number of aliphatic hydroxyl groups excluding tert-OH is 3. The minimum atomic E-state index is -6.77. The molecule has 1 aromatic carbocycles. The Morgan fingerprint density at radius 1 is 0.640 bits per heavy atom. The Balaban J connectivity index is 0.696. The summed E-state index contributed by atoms with van der Waals surface area (Å²) in [4.78, 5) is 146. The topological polar surface area (TPSA) is 752 Å².